The van der Waals surface area contributed by atoms with Crippen LogP contribution in [-0.4, -0.2) is 24.0 Å². The number of amides is 2. The number of ether oxygens (including phenoxy) is 2. The number of nitrogens with one attached hydrogen (secondary N) is 1. The molecule has 200 valence electrons. The first-order valence-corrected chi connectivity index (χ1v) is 12.9. The van der Waals surface area contributed by atoms with E-state index in [0.29, 0.717) is 30.1 Å². The van der Waals surface area contributed by atoms with Gasteiger partial charge in [0.1, 0.15) is 18.0 Å². The lowest BCUT2D eigenvalue weighted by atomic mass is 10.0. The Balaban J connectivity index is 1.48. The zero-order chi connectivity index (χ0) is 28.2. The van der Waals surface area contributed by atoms with Gasteiger partial charge in [0.05, 0.1) is 12.8 Å². The summed E-state index contributed by atoms with van der Waals surface area (Å²) in [6.45, 7) is 4.16. The zero-order valence-corrected chi connectivity index (χ0v) is 22.5. The number of methoxy groups -OCH3 is 1. The second-order valence-electron chi connectivity index (χ2n) is 9.08. The van der Waals surface area contributed by atoms with Gasteiger partial charge >= 0.3 is 0 Å². The smallest absolute Gasteiger partial charge is 0.270 e. The number of benzene rings is 4. The lowest BCUT2D eigenvalue weighted by molar-refractivity contribution is -0.122. The van der Waals surface area contributed by atoms with Crippen LogP contribution in [0.1, 0.15) is 16.7 Å². The molecule has 0 aliphatic carbocycles. The van der Waals surface area contributed by atoms with Gasteiger partial charge in [-0.15, -0.1) is 6.58 Å². The van der Waals surface area contributed by atoms with Crippen molar-refractivity contribution < 1.29 is 23.5 Å². The van der Waals surface area contributed by atoms with Crippen LogP contribution in [0.5, 0.6) is 11.5 Å². The van der Waals surface area contributed by atoms with Gasteiger partial charge in [-0.1, -0.05) is 54.6 Å². The van der Waals surface area contributed by atoms with Crippen LogP contribution in [0.3, 0.4) is 0 Å². The average Bonchev–Trinajstić information content (AvgIpc) is 2.95. The lowest BCUT2D eigenvalue weighted by Crippen LogP contribution is -2.54. The number of anilines is 1. The molecule has 0 radical (unpaired) electrons. The number of hydrogen-bond donors (Lipinski definition) is 1. The molecule has 1 saturated heterocycles. The fourth-order valence-corrected chi connectivity index (χ4v) is 4.82. The number of nitrogens with zero attached hydrogens (tertiary/aromatic N) is 1. The van der Waals surface area contributed by atoms with Crippen molar-refractivity contribution in [1.82, 2.24) is 5.32 Å². The summed E-state index contributed by atoms with van der Waals surface area (Å²) in [7, 11) is 1.52. The summed E-state index contributed by atoms with van der Waals surface area (Å²) in [4.78, 5) is 27.1. The molecule has 0 atom stereocenters. The molecule has 6 nitrogen and oxygen atoms in total. The maximum absolute atomic E-state index is 14.5. The van der Waals surface area contributed by atoms with Gasteiger partial charge in [0, 0.05) is 5.56 Å². The molecule has 0 saturated carbocycles. The van der Waals surface area contributed by atoms with E-state index >= 15 is 0 Å². The summed E-state index contributed by atoms with van der Waals surface area (Å²) in [5, 5.41) is 4.54. The first-order valence-electron chi connectivity index (χ1n) is 12.5. The van der Waals surface area contributed by atoms with E-state index in [4.69, 9.17) is 21.7 Å². The van der Waals surface area contributed by atoms with Crippen LogP contribution in [0.15, 0.2) is 97.1 Å². The number of allylic oxidation sites excluding steroid dienone is 1. The Morgan fingerprint density at radius 3 is 2.50 bits per heavy atom. The molecule has 4 aromatic carbocycles. The van der Waals surface area contributed by atoms with Gasteiger partial charge in [0.2, 0.25) is 0 Å². The molecule has 40 heavy (non-hydrogen) atoms. The Kier molecular flexibility index (Phi) is 7.70. The van der Waals surface area contributed by atoms with Gasteiger partial charge < -0.3 is 9.47 Å². The summed E-state index contributed by atoms with van der Waals surface area (Å²) >= 11 is 5.18. The first kappa shape index (κ1) is 26.8. The van der Waals surface area contributed by atoms with E-state index in [2.05, 4.69) is 24.0 Å². The molecular formula is C32H25FN2O4S. The maximum Gasteiger partial charge on any atom is 0.270 e. The molecule has 0 unspecified atom stereocenters. The third-order valence-corrected chi connectivity index (χ3v) is 6.73. The van der Waals surface area contributed by atoms with E-state index in [1.54, 1.807) is 24.3 Å². The topological polar surface area (TPSA) is 67.9 Å². The molecule has 0 spiro atoms. The highest BCUT2D eigenvalue weighted by molar-refractivity contribution is 7.80. The van der Waals surface area contributed by atoms with Crippen molar-refractivity contribution in [2.75, 3.05) is 12.0 Å². The molecular weight excluding hydrogens is 527 g/mol. The summed E-state index contributed by atoms with van der Waals surface area (Å²) in [6, 6.07) is 23.4. The third kappa shape index (κ3) is 5.34. The Morgan fingerprint density at radius 1 is 1.00 bits per heavy atom. The standard InChI is InChI=1S/C32H25FN2O4S/c1-3-8-24-16-21(17-25-30(36)34-32(40)35(31(25)37)27-12-7-6-11-26(27)33)18-28(38-2)29(24)39-19-20-13-14-22-9-4-5-10-23(22)15-20/h3-7,9-18H,1,8,19H2,2H3,(H,34,36,40)/b25-17+. The van der Waals surface area contributed by atoms with Crippen molar-refractivity contribution in [2.24, 2.45) is 0 Å². The molecule has 8 heteroatoms. The van der Waals surface area contributed by atoms with Crippen LogP contribution in [0, 0.1) is 5.82 Å². The molecule has 1 heterocycles. The number of fused-ring (bicyclic) bond motifs is 1. The van der Waals surface area contributed by atoms with Gasteiger partial charge in [-0.25, -0.2) is 9.29 Å². The number of rotatable bonds is 8. The quantitative estimate of drug-likeness (QED) is 0.123. The fraction of sp³-hybridized carbons (Fsp3) is 0.0938. The molecule has 1 aliphatic heterocycles. The van der Waals surface area contributed by atoms with Gasteiger partial charge in [-0.3, -0.25) is 14.9 Å². The van der Waals surface area contributed by atoms with Crippen molar-refractivity contribution in [2.45, 2.75) is 13.0 Å². The van der Waals surface area contributed by atoms with Gasteiger partial charge in [0.25, 0.3) is 11.8 Å². The predicted molar refractivity (Wildman–Crippen MR) is 158 cm³/mol. The second-order valence-corrected chi connectivity index (χ2v) is 9.47. The molecule has 1 N–H and O–H groups in total. The normalized spacial score (nSPS) is 14.4. The minimum atomic E-state index is -0.736. The number of carbonyl (C=O) groups excluding carboxylic acids is 2. The number of thiocarbonyl (C=S) groups is 1. The van der Waals surface area contributed by atoms with E-state index in [1.165, 1.54) is 31.4 Å². The van der Waals surface area contributed by atoms with Crippen LogP contribution in [0.4, 0.5) is 10.1 Å². The fourth-order valence-electron chi connectivity index (χ4n) is 4.55. The highest BCUT2D eigenvalue weighted by Crippen LogP contribution is 2.36. The van der Waals surface area contributed by atoms with Crippen molar-refractivity contribution in [3.05, 3.63) is 120 Å². The summed E-state index contributed by atoms with van der Waals surface area (Å²) in [5.74, 6) is -1.09. The Hall–Kier alpha value is -4.82. The molecule has 0 aromatic heterocycles. The minimum absolute atomic E-state index is 0.0502. The summed E-state index contributed by atoms with van der Waals surface area (Å²) in [6.07, 6.45) is 3.60. The molecule has 2 amide bonds. The van der Waals surface area contributed by atoms with Crippen molar-refractivity contribution in [3.8, 4) is 11.5 Å². The number of para-hydroxylation sites is 1. The Bertz CT molecular complexity index is 1700. The number of carbonyl (C=O) groups is 2. The van der Waals surface area contributed by atoms with Crippen LogP contribution < -0.4 is 19.7 Å². The molecule has 1 aliphatic rings. The molecule has 4 aromatic rings. The van der Waals surface area contributed by atoms with Crippen molar-refractivity contribution >= 4 is 51.7 Å². The van der Waals surface area contributed by atoms with E-state index in [9.17, 15) is 14.0 Å². The Morgan fingerprint density at radius 2 is 1.75 bits per heavy atom. The Labute approximate surface area is 236 Å². The van der Waals surface area contributed by atoms with E-state index < -0.39 is 17.6 Å². The monoisotopic (exact) mass is 552 g/mol. The van der Waals surface area contributed by atoms with Crippen molar-refractivity contribution in [1.29, 1.82) is 0 Å². The van der Waals surface area contributed by atoms with Crippen molar-refractivity contribution in [3.63, 3.8) is 0 Å². The van der Waals surface area contributed by atoms with E-state index in [1.807, 2.05) is 30.3 Å². The lowest BCUT2D eigenvalue weighted by Gasteiger charge is -2.29. The predicted octanol–water partition coefficient (Wildman–Crippen LogP) is 6.13. The molecule has 1 fully saturated rings. The van der Waals surface area contributed by atoms with Crippen LogP contribution in [0.25, 0.3) is 16.8 Å². The van der Waals surface area contributed by atoms with E-state index in [-0.39, 0.29) is 16.4 Å². The highest BCUT2D eigenvalue weighted by atomic mass is 32.1. The molecule has 5 rings (SSSR count). The SMILES string of the molecule is C=CCc1cc(/C=C2\C(=O)NC(=S)N(c3ccccc3F)C2=O)cc(OC)c1OCc1ccc2ccccc2c1. The van der Waals surface area contributed by atoms with Crippen LogP contribution in [0.2, 0.25) is 0 Å². The second kappa shape index (κ2) is 11.5. The maximum atomic E-state index is 14.5. The van der Waals surface area contributed by atoms with Gasteiger partial charge in [0.15, 0.2) is 16.6 Å². The van der Waals surface area contributed by atoms with Crippen LogP contribution >= 0.6 is 12.2 Å². The number of hydrogen-bond acceptors (Lipinski definition) is 5. The minimum Gasteiger partial charge on any atom is -0.493 e. The summed E-state index contributed by atoms with van der Waals surface area (Å²) in [5.41, 5.74) is 2.02. The zero-order valence-electron chi connectivity index (χ0n) is 21.6. The average molecular weight is 553 g/mol. The van der Waals surface area contributed by atoms with E-state index in [0.717, 1.165) is 26.8 Å². The van der Waals surface area contributed by atoms with Crippen LogP contribution in [-0.2, 0) is 22.6 Å². The summed E-state index contributed by atoms with van der Waals surface area (Å²) < 4.78 is 26.4. The number of halogens is 1. The molecule has 0 bridgehead atoms. The third-order valence-electron chi connectivity index (χ3n) is 6.44. The first-order chi connectivity index (χ1) is 19.4. The highest BCUT2D eigenvalue weighted by Gasteiger charge is 2.35. The van der Waals surface area contributed by atoms with Gasteiger partial charge in [-0.05, 0) is 76.9 Å². The van der Waals surface area contributed by atoms with Gasteiger partial charge in [-0.2, -0.15) is 0 Å². The largest absolute Gasteiger partial charge is 0.493 e.